The first-order valence-corrected chi connectivity index (χ1v) is 12.3. The number of para-hydroxylation sites is 1. The third-order valence-corrected chi connectivity index (χ3v) is 8.08. The van der Waals surface area contributed by atoms with Gasteiger partial charge in [0.05, 0.1) is 12.5 Å². The molecule has 2 heterocycles. The van der Waals surface area contributed by atoms with Crippen molar-refractivity contribution in [3.05, 3.63) is 29.8 Å². The predicted molar refractivity (Wildman–Crippen MR) is 127 cm³/mol. The Labute approximate surface area is 188 Å². The molecular weight excluding hydrogens is 440 g/mol. The van der Waals surface area contributed by atoms with E-state index >= 15 is 0 Å². The van der Waals surface area contributed by atoms with E-state index in [9.17, 15) is 9.90 Å². The Morgan fingerprint density at radius 3 is 2.87 bits per heavy atom. The molecule has 1 N–H and O–H groups in total. The van der Waals surface area contributed by atoms with Crippen LogP contribution in [0.2, 0.25) is 0 Å². The molecule has 0 bridgehead atoms. The first-order chi connectivity index (χ1) is 14.5. The molecule has 2 aliphatic rings. The Balaban J connectivity index is 1.50. The van der Waals surface area contributed by atoms with Crippen LogP contribution in [0.3, 0.4) is 0 Å². The molecule has 160 valence electrons. The Bertz CT molecular complexity index is 920. The molecule has 0 spiro atoms. The average molecular weight is 465 g/mol. The zero-order valence-electron chi connectivity index (χ0n) is 16.6. The highest BCUT2D eigenvalue weighted by Gasteiger charge is 2.39. The lowest BCUT2D eigenvalue weighted by Crippen LogP contribution is -2.41. The third kappa shape index (κ3) is 5.88. The Kier molecular flexibility index (Phi) is 7.99. The number of likely N-dealkylation sites (N-methyl/N-ethyl adjacent to an activating group) is 1. The molecule has 2 aliphatic heterocycles. The zero-order chi connectivity index (χ0) is 21.6. The maximum Gasteiger partial charge on any atom is 0.324 e. The lowest BCUT2D eigenvalue weighted by molar-refractivity contribution is -0.148. The number of hydrogen-bond donors (Lipinski definition) is 2. The number of thiol groups is 1. The molecule has 30 heavy (non-hydrogen) atoms. The number of hydrogen-bond acceptors (Lipinski definition) is 9. The maximum atomic E-state index is 12.6. The van der Waals surface area contributed by atoms with Crippen molar-refractivity contribution < 1.29 is 14.6 Å². The number of ether oxygens (including phenoxy) is 1. The van der Waals surface area contributed by atoms with Gasteiger partial charge >= 0.3 is 5.97 Å². The van der Waals surface area contributed by atoms with E-state index in [1.54, 1.807) is 12.1 Å². The zero-order valence-corrected chi connectivity index (χ0v) is 19.1. The number of terminal acetylenes is 1. The van der Waals surface area contributed by atoms with E-state index in [4.69, 9.17) is 15.6 Å². The van der Waals surface area contributed by atoms with Crippen molar-refractivity contribution in [2.24, 2.45) is 14.6 Å². The number of rotatable bonds is 11. The number of phenolic OH excluding ortho intramolecular Hbond substituents is 1. The molecule has 0 aromatic heterocycles. The highest BCUT2D eigenvalue weighted by Crippen LogP contribution is 2.36. The van der Waals surface area contributed by atoms with Crippen LogP contribution in [0.1, 0.15) is 24.8 Å². The predicted octanol–water partition coefficient (Wildman–Crippen LogP) is 3.53. The summed E-state index contributed by atoms with van der Waals surface area (Å²) in [7, 11) is 1.46. The van der Waals surface area contributed by atoms with Crippen molar-refractivity contribution in [1.82, 2.24) is 4.90 Å². The Hall–Kier alpha value is -1.80. The van der Waals surface area contributed by atoms with Crippen molar-refractivity contribution in [3.63, 3.8) is 0 Å². The van der Waals surface area contributed by atoms with Crippen molar-refractivity contribution in [3.8, 4) is 18.1 Å². The fraction of sp³-hybridized carbons (Fsp3) is 0.450. The summed E-state index contributed by atoms with van der Waals surface area (Å²) >= 11 is 5.83. The number of nitrogens with zero attached hydrogens (tertiary/aromatic N) is 4. The van der Waals surface area contributed by atoms with Crippen LogP contribution in [0.4, 0.5) is 0 Å². The number of thioether (sulfide) groups is 1. The maximum absolute atomic E-state index is 12.6. The summed E-state index contributed by atoms with van der Waals surface area (Å²) in [6, 6.07) is 6.66. The molecule has 1 aromatic carbocycles. The molecule has 0 saturated heterocycles. The largest absolute Gasteiger partial charge is 0.507 e. The van der Waals surface area contributed by atoms with Gasteiger partial charge in [-0.3, -0.25) is 9.69 Å². The fourth-order valence-corrected chi connectivity index (χ4v) is 6.23. The normalized spacial score (nSPS) is 19.7. The van der Waals surface area contributed by atoms with E-state index in [2.05, 4.69) is 28.8 Å². The van der Waals surface area contributed by atoms with Gasteiger partial charge in [0, 0.05) is 35.3 Å². The third-order valence-electron chi connectivity index (χ3n) is 4.72. The lowest BCUT2D eigenvalue weighted by Gasteiger charge is -2.25. The molecule has 1 unspecified atom stereocenters. The van der Waals surface area contributed by atoms with E-state index in [1.807, 2.05) is 28.8 Å². The minimum absolute atomic E-state index is 0.210. The molecule has 3 rings (SSSR count). The minimum Gasteiger partial charge on any atom is -0.507 e. The molecule has 1 aromatic rings. The van der Waals surface area contributed by atoms with Gasteiger partial charge in [0.15, 0.2) is 5.66 Å². The van der Waals surface area contributed by atoms with Gasteiger partial charge in [0.25, 0.3) is 0 Å². The van der Waals surface area contributed by atoms with Crippen LogP contribution >= 0.6 is 35.1 Å². The van der Waals surface area contributed by atoms with E-state index in [-0.39, 0.29) is 18.3 Å². The number of benzene rings is 1. The second-order valence-electron chi connectivity index (χ2n) is 6.92. The summed E-state index contributed by atoms with van der Waals surface area (Å²) < 4.78 is 12.2. The van der Waals surface area contributed by atoms with Crippen LogP contribution in [0.5, 0.6) is 5.75 Å². The van der Waals surface area contributed by atoms with Gasteiger partial charge in [-0.15, -0.1) is 12.3 Å². The first kappa shape index (κ1) is 22.9. The summed E-state index contributed by atoms with van der Waals surface area (Å²) in [5, 5.41) is 18.9. The summed E-state index contributed by atoms with van der Waals surface area (Å²) in [5.41, 5.74) is 0.261. The number of esters is 1. The summed E-state index contributed by atoms with van der Waals surface area (Å²) in [6.07, 6.45) is 7.12. The molecule has 0 saturated carbocycles. The van der Waals surface area contributed by atoms with Crippen LogP contribution in [0, 0.1) is 12.3 Å². The van der Waals surface area contributed by atoms with Gasteiger partial charge < -0.3 is 9.84 Å². The summed E-state index contributed by atoms with van der Waals surface area (Å²) in [5.74, 6) is 3.39. The Morgan fingerprint density at radius 1 is 1.43 bits per heavy atom. The van der Waals surface area contributed by atoms with Gasteiger partial charge in [0.1, 0.15) is 16.8 Å². The van der Waals surface area contributed by atoms with Crippen molar-refractivity contribution in [2.75, 3.05) is 25.3 Å². The quantitative estimate of drug-likeness (QED) is 0.226. The number of phenols is 1. The first-order valence-electron chi connectivity index (χ1n) is 9.40. The summed E-state index contributed by atoms with van der Waals surface area (Å²) in [6.45, 7) is 0.248. The highest BCUT2D eigenvalue weighted by atomic mass is 32.2. The van der Waals surface area contributed by atoms with Crippen LogP contribution in [0.15, 0.2) is 38.9 Å². The molecule has 10 heteroatoms. The van der Waals surface area contributed by atoms with Crippen LogP contribution in [-0.4, -0.2) is 62.7 Å². The second-order valence-corrected chi connectivity index (χ2v) is 9.92. The smallest absolute Gasteiger partial charge is 0.324 e. The van der Waals surface area contributed by atoms with Gasteiger partial charge in [-0.1, -0.05) is 23.9 Å². The van der Waals surface area contributed by atoms with Gasteiger partial charge in [-0.25, -0.2) is 4.40 Å². The summed E-state index contributed by atoms with van der Waals surface area (Å²) in [4.78, 5) is 14.5. The van der Waals surface area contributed by atoms with Crippen LogP contribution in [-0.2, 0) is 9.53 Å². The number of aromatic hydroxyl groups is 1. The molecule has 7 nitrogen and oxygen atoms in total. The van der Waals surface area contributed by atoms with Crippen LogP contribution in [0.25, 0.3) is 0 Å². The molecule has 0 fully saturated rings. The SMILES string of the molecule is C#CCCC1(CCOC(=O)[C@@H](CS)N(C)CS2=CSC(c3ccccc3O)=N2)N=N1. The van der Waals surface area contributed by atoms with E-state index < -0.39 is 22.4 Å². The van der Waals surface area contributed by atoms with E-state index in [0.717, 1.165) is 10.6 Å². The minimum atomic E-state index is -0.474. The standard InChI is InChI=1S/C20H24N4O3S3/c1-3-4-9-20(22-23-20)10-11-27-19(26)16(12-28)24(2)13-30-14-29-18(21-30)15-7-5-6-8-17(15)25/h1,5-8,14,16,25,28H,4,9-13H2,2H3/t16-,30?/m1/s1. The molecule has 0 amide bonds. The Morgan fingerprint density at radius 2 is 2.20 bits per heavy atom. The van der Waals surface area contributed by atoms with Gasteiger partial charge in [-0.05, 0) is 29.9 Å². The second kappa shape index (κ2) is 10.5. The van der Waals surface area contributed by atoms with E-state index in [1.165, 1.54) is 11.8 Å². The monoisotopic (exact) mass is 464 g/mol. The molecule has 0 radical (unpaired) electrons. The fourth-order valence-electron chi connectivity index (χ4n) is 2.85. The topological polar surface area (TPSA) is 86.8 Å². The van der Waals surface area contributed by atoms with Crippen molar-refractivity contribution >= 4 is 50.8 Å². The highest BCUT2D eigenvalue weighted by molar-refractivity contribution is 8.41. The molecule has 2 atom stereocenters. The molecular formula is C20H24N4O3S3. The van der Waals surface area contributed by atoms with E-state index in [0.29, 0.717) is 30.9 Å². The van der Waals surface area contributed by atoms with Crippen molar-refractivity contribution in [2.45, 2.75) is 31.0 Å². The van der Waals surface area contributed by atoms with Gasteiger partial charge in [0.2, 0.25) is 0 Å². The molecule has 0 aliphatic carbocycles. The average Bonchev–Trinajstić information content (AvgIpc) is 3.35. The van der Waals surface area contributed by atoms with Gasteiger partial charge in [-0.2, -0.15) is 22.9 Å². The van der Waals surface area contributed by atoms with Crippen LogP contribution < -0.4 is 0 Å². The lowest BCUT2D eigenvalue weighted by atomic mass is 10.1. The van der Waals surface area contributed by atoms with Crippen molar-refractivity contribution in [1.29, 1.82) is 0 Å². The number of carbonyl (C=O) groups excluding carboxylic acids is 1. The number of carbonyl (C=O) groups is 1.